The van der Waals surface area contributed by atoms with Gasteiger partial charge in [0.25, 0.3) is 5.91 Å². The number of benzene rings is 1. The van der Waals surface area contributed by atoms with Crippen LogP contribution in [0.4, 0.5) is 5.69 Å². The molecule has 0 radical (unpaired) electrons. The van der Waals surface area contributed by atoms with Gasteiger partial charge in [-0.05, 0) is 50.5 Å². The van der Waals surface area contributed by atoms with Crippen LogP contribution in [0.2, 0.25) is 0 Å². The van der Waals surface area contributed by atoms with Crippen molar-refractivity contribution in [1.29, 1.82) is 0 Å². The maximum Gasteiger partial charge on any atom is 0.251 e. The summed E-state index contributed by atoms with van der Waals surface area (Å²) in [6.45, 7) is 6.31. The summed E-state index contributed by atoms with van der Waals surface area (Å²) >= 11 is 1.63. The van der Waals surface area contributed by atoms with Crippen molar-refractivity contribution >= 4 is 35.2 Å². The first-order chi connectivity index (χ1) is 19.3. The number of rotatable bonds is 10. The number of thioether (sulfide) groups is 1. The number of hydrogen-bond acceptors (Lipinski definition) is 6. The number of amides is 3. The molecular formula is C31H41N3O5S. The van der Waals surface area contributed by atoms with E-state index >= 15 is 0 Å². The lowest BCUT2D eigenvalue weighted by atomic mass is 9.74. The molecule has 4 aliphatic heterocycles. The minimum absolute atomic E-state index is 0.0118. The van der Waals surface area contributed by atoms with Crippen LogP contribution in [0, 0.1) is 11.8 Å². The zero-order valence-corrected chi connectivity index (χ0v) is 24.6. The fourth-order valence-corrected chi connectivity index (χ4v) is 9.18. The van der Waals surface area contributed by atoms with Gasteiger partial charge in [0.1, 0.15) is 11.8 Å². The Balaban J connectivity index is 1.55. The Morgan fingerprint density at radius 2 is 1.65 bits per heavy atom. The van der Waals surface area contributed by atoms with Crippen molar-refractivity contribution in [3.8, 4) is 5.75 Å². The predicted octanol–water partition coefficient (Wildman–Crippen LogP) is 3.65. The Hall–Kier alpha value is -2.78. The van der Waals surface area contributed by atoms with Crippen LogP contribution < -0.4 is 9.64 Å². The summed E-state index contributed by atoms with van der Waals surface area (Å²) in [6.07, 6.45) is 12.3. The van der Waals surface area contributed by atoms with Crippen LogP contribution in [0.15, 0.2) is 48.6 Å². The van der Waals surface area contributed by atoms with Crippen molar-refractivity contribution in [2.45, 2.75) is 61.5 Å². The molecule has 4 aliphatic rings. The number of ether oxygens (including phenoxy) is 1. The van der Waals surface area contributed by atoms with Gasteiger partial charge >= 0.3 is 0 Å². The molecule has 1 aromatic rings. The molecule has 9 heteroatoms. The molecule has 1 N–H and O–H groups in total. The molecule has 3 amide bonds. The molecule has 0 bridgehead atoms. The van der Waals surface area contributed by atoms with E-state index < -0.39 is 27.4 Å². The molecular weight excluding hydrogens is 526 g/mol. The van der Waals surface area contributed by atoms with Crippen molar-refractivity contribution in [2.24, 2.45) is 11.8 Å². The first kappa shape index (κ1) is 28.7. The summed E-state index contributed by atoms with van der Waals surface area (Å²) in [6, 6.07) is 6.71. The first-order valence-electron chi connectivity index (χ1n) is 14.5. The Morgan fingerprint density at radius 3 is 2.35 bits per heavy atom. The van der Waals surface area contributed by atoms with E-state index in [9.17, 15) is 19.5 Å². The van der Waals surface area contributed by atoms with Gasteiger partial charge in [-0.1, -0.05) is 44.1 Å². The summed E-state index contributed by atoms with van der Waals surface area (Å²) in [4.78, 5) is 48.4. The normalized spacial score (nSPS) is 31.2. The van der Waals surface area contributed by atoms with Gasteiger partial charge in [0.05, 0.1) is 23.7 Å². The molecule has 2 fully saturated rings. The number of hydrogen-bond donors (Lipinski definition) is 1. The number of unbranched alkanes of at least 4 members (excludes halogenated alkanes) is 3. The maximum atomic E-state index is 14.5. The summed E-state index contributed by atoms with van der Waals surface area (Å²) in [5.74, 6) is -0.644. The van der Waals surface area contributed by atoms with Gasteiger partial charge in [-0.25, -0.2) is 0 Å². The van der Waals surface area contributed by atoms with Gasteiger partial charge in [0, 0.05) is 43.2 Å². The quantitative estimate of drug-likeness (QED) is 0.343. The second kappa shape index (κ2) is 11.6. The second-order valence-electron chi connectivity index (χ2n) is 11.4. The molecule has 8 nitrogen and oxygen atoms in total. The molecule has 0 aliphatic carbocycles. The van der Waals surface area contributed by atoms with E-state index in [-0.39, 0.29) is 24.3 Å². The van der Waals surface area contributed by atoms with E-state index in [0.717, 1.165) is 37.8 Å². The minimum Gasteiger partial charge on any atom is -0.497 e. The number of aliphatic hydroxyl groups is 1. The van der Waals surface area contributed by atoms with Crippen LogP contribution in [-0.2, 0) is 14.4 Å². The van der Waals surface area contributed by atoms with Crippen LogP contribution in [-0.4, -0.2) is 88.1 Å². The lowest BCUT2D eigenvalue weighted by Gasteiger charge is -2.37. The highest BCUT2D eigenvalue weighted by atomic mass is 32.2. The summed E-state index contributed by atoms with van der Waals surface area (Å²) in [5.41, 5.74) is 0.750. The monoisotopic (exact) mass is 567 g/mol. The number of fused-ring (bicyclic) bond motifs is 2. The average molecular weight is 568 g/mol. The number of nitrogens with zero attached hydrogens (tertiary/aromatic N) is 3. The maximum absolute atomic E-state index is 14.5. The van der Waals surface area contributed by atoms with Gasteiger partial charge < -0.3 is 24.5 Å². The Morgan fingerprint density at radius 1 is 0.925 bits per heavy atom. The van der Waals surface area contributed by atoms with Crippen molar-refractivity contribution in [3.05, 3.63) is 48.6 Å². The number of methoxy groups -OCH3 is 1. The van der Waals surface area contributed by atoms with Gasteiger partial charge in [-0.3, -0.25) is 14.4 Å². The largest absolute Gasteiger partial charge is 0.497 e. The Labute approximate surface area is 241 Å². The highest BCUT2D eigenvalue weighted by Gasteiger charge is 2.73. The van der Waals surface area contributed by atoms with Gasteiger partial charge in [-0.15, -0.1) is 11.8 Å². The SMILES string of the molecule is CCCN1CC=C[C@@]2(C)S[C@]34C=CCN(c5ccc(OC)cc5)C(=O)C3N(CCCCCCO)C(=O)[C@@H]4[C@H]2C1=O. The lowest BCUT2D eigenvalue weighted by molar-refractivity contribution is -0.143. The third-order valence-corrected chi connectivity index (χ3v) is 10.6. The first-order valence-corrected chi connectivity index (χ1v) is 15.3. The third-order valence-electron chi connectivity index (χ3n) is 8.83. The molecule has 216 valence electrons. The summed E-state index contributed by atoms with van der Waals surface area (Å²) in [7, 11) is 1.61. The number of anilines is 1. The molecule has 0 aromatic heterocycles. The Bertz CT molecular complexity index is 1190. The molecule has 40 heavy (non-hydrogen) atoms. The number of aliphatic hydroxyl groups excluding tert-OH is 1. The summed E-state index contributed by atoms with van der Waals surface area (Å²) in [5, 5.41) is 9.19. The fraction of sp³-hybridized carbons (Fsp3) is 0.581. The van der Waals surface area contributed by atoms with Crippen LogP contribution in [0.3, 0.4) is 0 Å². The predicted molar refractivity (Wildman–Crippen MR) is 157 cm³/mol. The standard InChI is InChI=1S/C31H41N3O5S/c1-4-17-32-18-9-15-30(2)24(27(32)36)25-28(37)34(19-7-5-6-8-21-35)26-29(38)33(20-10-16-31(25,26)40-30)22-11-13-23(39-3)14-12-22/h9-16,24-26,35H,4-8,17-21H2,1-3H3/t24-,25-,26?,30+,31-/m0/s1. The lowest BCUT2D eigenvalue weighted by Crippen LogP contribution is -2.53. The van der Waals surface area contributed by atoms with E-state index in [1.807, 2.05) is 35.2 Å². The van der Waals surface area contributed by atoms with Crippen molar-refractivity contribution in [2.75, 3.05) is 44.8 Å². The van der Waals surface area contributed by atoms with Gasteiger partial charge in [0.15, 0.2) is 0 Å². The van der Waals surface area contributed by atoms with Crippen molar-refractivity contribution in [1.82, 2.24) is 9.80 Å². The third kappa shape index (κ3) is 4.75. The molecule has 1 spiro atoms. The number of carbonyl (C=O) groups is 3. The van der Waals surface area contributed by atoms with Crippen LogP contribution in [0.5, 0.6) is 5.75 Å². The topological polar surface area (TPSA) is 90.4 Å². The number of carbonyl (C=O) groups excluding carboxylic acids is 3. The molecule has 5 rings (SSSR count). The van der Waals surface area contributed by atoms with Crippen molar-refractivity contribution in [3.63, 3.8) is 0 Å². The highest BCUT2D eigenvalue weighted by Crippen LogP contribution is 2.65. The van der Waals surface area contributed by atoms with Gasteiger partial charge in [-0.2, -0.15) is 0 Å². The molecule has 4 heterocycles. The molecule has 5 atom stereocenters. The molecule has 2 saturated heterocycles. The Kier molecular flexibility index (Phi) is 8.34. The zero-order chi connectivity index (χ0) is 28.5. The van der Waals surface area contributed by atoms with Crippen LogP contribution >= 0.6 is 11.8 Å². The summed E-state index contributed by atoms with van der Waals surface area (Å²) < 4.78 is 3.89. The van der Waals surface area contributed by atoms with E-state index in [2.05, 4.69) is 32.1 Å². The average Bonchev–Trinajstić information content (AvgIpc) is 3.21. The molecule has 1 unspecified atom stereocenters. The highest BCUT2D eigenvalue weighted by molar-refractivity contribution is 8.02. The zero-order valence-electron chi connectivity index (χ0n) is 23.8. The molecule has 1 aromatic carbocycles. The van der Waals surface area contributed by atoms with E-state index in [4.69, 9.17) is 4.74 Å². The smallest absolute Gasteiger partial charge is 0.251 e. The minimum atomic E-state index is -0.838. The second-order valence-corrected chi connectivity index (χ2v) is 13.2. The van der Waals surface area contributed by atoms with Crippen LogP contribution in [0.1, 0.15) is 46.0 Å². The van der Waals surface area contributed by atoms with E-state index in [0.29, 0.717) is 31.9 Å². The van der Waals surface area contributed by atoms with E-state index in [1.165, 1.54) is 0 Å². The number of likely N-dealkylation sites (tertiary alicyclic amines) is 1. The van der Waals surface area contributed by atoms with Crippen molar-refractivity contribution < 1.29 is 24.2 Å². The van der Waals surface area contributed by atoms with E-state index in [1.54, 1.807) is 28.7 Å². The molecule has 0 saturated carbocycles. The fourth-order valence-electron chi connectivity index (χ4n) is 7.02. The van der Waals surface area contributed by atoms with Gasteiger partial charge in [0.2, 0.25) is 11.8 Å². The van der Waals surface area contributed by atoms with Crippen LogP contribution in [0.25, 0.3) is 0 Å².